The Bertz CT molecular complexity index is 882. The van der Waals surface area contributed by atoms with E-state index in [9.17, 15) is 0 Å². The normalized spacial score (nSPS) is 19.6. The third-order valence-electron chi connectivity index (χ3n) is 5.31. The maximum absolute atomic E-state index is 6.28. The van der Waals surface area contributed by atoms with Gasteiger partial charge in [-0.3, -0.25) is 0 Å². The van der Waals surface area contributed by atoms with Gasteiger partial charge in [-0.05, 0) is 54.7 Å². The van der Waals surface area contributed by atoms with Crippen molar-refractivity contribution in [1.82, 2.24) is 0 Å². The molecule has 116 valence electrons. The molecule has 2 nitrogen and oxygen atoms in total. The van der Waals surface area contributed by atoms with Gasteiger partial charge in [0.25, 0.3) is 0 Å². The lowest BCUT2D eigenvalue weighted by atomic mass is 9.75. The Hall–Kier alpha value is -1.84. The van der Waals surface area contributed by atoms with E-state index in [0.717, 1.165) is 5.46 Å². The first-order valence-corrected chi connectivity index (χ1v) is 8.15. The van der Waals surface area contributed by atoms with Crippen molar-refractivity contribution < 1.29 is 9.31 Å². The van der Waals surface area contributed by atoms with Crippen molar-refractivity contribution in [3.63, 3.8) is 0 Å². The Morgan fingerprint density at radius 1 is 0.696 bits per heavy atom. The molecule has 0 saturated carbocycles. The molecule has 1 aliphatic heterocycles. The molecule has 0 amide bonds. The van der Waals surface area contributed by atoms with Gasteiger partial charge in [0.2, 0.25) is 0 Å². The standard InChI is InChI=1S/C20H21BO2/c1-19(2)20(3,4)23-21(22-19)17-11-7-9-15-13-12-14-8-5-6-10-16(14)18(15)17/h5-13H,1-4H3. The molecule has 3 aromatic rings. The smallest absolute Gasteiger partial charge is 0.399 e. The second-order valence-electron chi connectivity index (χ2n) is 7.32. The van der Waals surface area contributed by atoms with E-state index in [4.69, 9.17) is 9.31 Å². The lowest BCUT2D eigenvalue weighted by molar-refractivity contribution is 0.00578. The van der Waals surface area contributed by atoms with Crippen molar-refractivity contribution in [2.24, 2.45) is 0 Å². The van der Waals surface area contributed by atoms with Crippen LogP contribution in [0.1, 0.15) is 27.7 Å². The largest absolute Gasteiger partial charge is 0.495 e. The van der Waals surface area contributed by atoms with E-state index in [1.54, 1.807) is 0 Å². The Balaban J connectivity index is 1.96. The summed E-state index contributed by atoms with van der Waals surface area (Å²) in [5.41, 5.74) is 0.451. The topological polar surface area (TPSA) is 18.5 Å². The number of hydrogen-bond donors (Lipinski definition) is 0. The highest BCUT2D eigenvalue weighted by atomic mass is 16.7. The molecule has 0 aromatic heterocycles. The Morgan fingerprint density at radius 2 is 1.30 bits per heavy atom. The van der Waals surface area contributed by atoms with Crippen LogP contribution in [0.25, 0.3) is 21.5 Å². The molecule has 0 N–H and O–H groups in total. The fourth-order valence-corrected chi connectivity index (χ4v) is 3.25. The molecule has 23 heavy (non-hydrogen) atoms. The molecule has 0 radical (unpaired) electrons. The predicted octanol–water partition coefficient (Wildman–Crippen LogP) is 4.29. The molecule has 0 unspecified atom stereocenters. The van der Waals surface area contributed by atoms with E-state index in [1.807, 2.05) is 0 Å². The van der Waals surface area contributed by atoms with Crippen molar-refractivity contribution in [2.75, 3.05) is 0 Å². The zero-order valence-corrected chi connectivity index (χ0v) is 14.1. The summed E-state index contributed by atoms with van der Waals surface area (Å²) in [4.78, 5) is 0. The molecule has 1 aliphatic rings. The molecule has 1 saturated heterocycles. The first-order chi connectivity index (χ1) is 10.9. The highest BCUT2D eigenvalue weighted by Crippen LogP contribution is 2.37. The highest BCUT2D eigenvalue weighted by Gasteiger charge is 2.52. The molecule has 0 aliphatic carbocycles. The molecule has 1 heterocycles. The van der Waals surface area contributed by atoms with Gasteiger partial charge in [-0.1, -0.05) is 54.6 Å². The van der Waals surface area contributed by atoms with Crippen LogP contribution in [0, 0.1) is 0 Å². The van der Waals surface area contributed by atoms with Crippen LogP contribution in [-0.4, -0.2) is 18.3 Å². The fraction of sp³-hybridized carbons (Fsp3) is 0.300. The SMILES string of the molecule is CC1(C)OB(c2cccc3ccc4ccccc4c23)OC1(C)C. The molecule has 0 atom stereocenters. The summed E-state index contributed by atoms with van der Waals surface area (Å²) in [5.74, 6) is 0. The molecule has 1 fully saturated rings. The Morgan fingerprint density at radius 3 is 2.04 bits per heavy atom. The first-order valence-electron chi connectivity index (χ1n) is 8.15. The summed E-state index contributed by atoms with van der Waals surface area (Å²) in [6.45, 7) is 8.37. The third-order valence-corrected chi connectivity index (χ3v) is 5.31. The van der Waals surface area contributed by atoms with Crippen molar-refractivity contribution >= 4 is 34.1 Å². The Labute approximate surface area is 137 Å². The van der Waals surface area contributed by atoms with Gasteiger partial charge in [-0.15, -0.1) is 0 Å². The van der Waals surface area contributed by atoms with Crippen LogP contribution < -0.4 is 5.46 Å². The van der Waals surface area contributed by atoms with Gasteiger partial charge in [-0.25, -0.2) is 0 Å². The quantitative estimate of drug-likeness (QED) is 0.493. The Kier molecular flexibility index (Phi) is 3.09. The summed E-state index contributed by atoms with van der Waals surface area (Å²) < 4.78 is 12.6. The molecule has 3 heteroatoms. The first kappa shape index (κ1) is 14.7. The maximum atomic E-state index is 6.28. The van der Waals surface area contributed by atoms with Crippen molar-refractivity contribution in [3.8, 4) is 0 Å². The van der Waals surface area contributed by atoms with Crippen molar-refractivity contribution in [3.05, 3.63) is 54.6 Å². The predicted molar refractivity (Wildman–Crippen MR) is 97.2 cm³/mol. The summed E-state index contributed by atoms with van der Waals surface area (Å²) >= 11 is 0. The second kappa shape index (κ2) is 4.83. The molecule has 4 rings (SSSR count). The summed E-state index contributed by atoms with van der Waals surface area (Å²) in [6.07, 6.45) is 0. The van der Waals surface area contributed by atoms with Crippen molar-refractivity contribution in [1.29, 1.82) is 0 Å². The minimum absolute atomic E-state index is 0.329. The van der Waals surface area contributed by atoms with Gasteiger partial charge >= 0.3 is 7.12 Å². The zero-order chi connectivity index (χ0) is 16.2. The van der Waals surface area contributed by atoms with Crippen LogP contribution in [-0.2, 0) is 9.31 Å². The monoisotopic (exact) mass is 304 g/mol. The van der Waals surface area contributed by atoms with E-state index in [2.05, 4.69) is 82.3 Å². The number of fused-ring (bicyclic) bond motifs is 3. The van der Waals surface area contributed by atoms with Crippen LogP contribution in [0.15, 0.2) is 54.6 Å². The molecular weight excluding hydrogens is 283 g/mol. The number of hydrogen-bond acceptors (Lipinski definition) is 2. The average Bonchev–Trinajstić information content (AvgIpc) is 2.74. The van der Waals surface area contributed by atoms with E-state index < -0.39 is 0 Å². The lowest BCUT2D eigenvalue weighted by Gasteiger charge is -2.32. The number of benzene rings is 3. The fourth-order valence-electron chi connectivity index (χ4n) is 3.25. The van der Waals surface area contributed by atoms with E-state index in [-0.39, 0.29) is 18.3 Å². The van der Waals surface area contributed by atoms with Gasteiger partial charge < -0.3 is 9.31 Å². The van der Waals surface area contributed by atoms with Gasteiger partial charge in [0.15, 0.2) is 0 Å². The molecule has 0 bridgehead atoms. The van der Waals surface area contributed by atoms with E-state index in [0.29, 0.717) is 0 Å². The van der Waals surface area contributed by atoms with Crippen molar-refractivity contribution in [2.45, 2.75) is 38.9 Å². The minimum Gasteiger partial charge on any atom is -0.399 e. The molecule has 3 aromatic carbocycles. The van der Waals surface area contributed by atoms with E-state index in [1.165, 1.54) is 21.5 Å². The molecule has 0 spiro atoms. The van der Waals surface area contributed by atoms with Gasteiger partial charge in [0.1, 0.15) is 0 Å². The lowest BCUT2D eigenvalue weighted by Crippen LogP contribution is -2.41. The van der Waals surface area contributed by atoms with Crippen LogP contribution in [0.3, 0.4) is 0 Å². The van der Waals surface area contributed by atoms with Crippen LogP contribution in [0.4, 0.5) is 0 Å². The molecular formula is C20H21BO2. The summed E-state index contributed by atoms with van der Waals surface area (Å²) in [5, 5.41) is 4.93. The van der Waals surface area contributed by atoms with Crippen LogP contribution in [0.2, 0.25) is 0 Å². The van der Waals surface area contributed by atoms with Gasteiger partial charge in [0, 0.05) is 0 Å². The van der Waals surface area contributed by atoms with Gasteiger partial charge in [-0.2, -0.15) is 0 Å². The second-order valence-corrected chi connectivity index (χ2v) is 7.32. The summed E-state index contributed by atoms with van der Waals surface area (Å²) in [6, 6.07) is 19.2. The minimum atomic E-state index is -0.338. The zero-order valence-electron chi connectivity index (χ0n) is 14.1. The average molecular weight is 304 g/mol. The summed E-state index contributed by atoms with van der Waals surface area (Å²) in [7, 11) is -0.338. The highest BCUT2D eigenvalue weighted by molar-refractivity contribution is 6.66. The third kappa shape index (κ3) is 2.19. The van der Waals surface area contributed by atoms with Gasteiger partial charge in [0.05, 0.1) is 11.2 Å². The number of rotatable bonds is 1. The maximum Gasteiger partial charge on any atom is 0.495 e. The van der Waals surface area contributed by atoms with E-state index >= 15 is 0 Å². The van der Waals surface area contributed by atoms with Crippen LogP contribution in [0.5, 0.6) is 0 Å². The van der Waals surface area contributed by atoms with Crippen LogP contribution >= 0.6 is 0 Å².